The molecule has 0 radical (unpaired) electrons. The molecule has 0 aliphatic rings. The van der Waals surface area contributed by atoms with Gasteiger partial charge in [-0.25, -0.2) is 0 Å². The van der Waals surface area contributed by atoms with Gasteiger partial charge in [0.05, 0.1) is 6.54 Å². The van der Waals surface area contributed by atoms with E-state index in [9.17, 15) is 4.79 Å². The van der Waals surface area contributed by atoms with Crippen molar-refractivity contribution in [1.29, 1.82) is 0 Å². The highest BCUT2D eigenvalue weighted by Crippen LogP contribution is 2.20. The van der Waals surface area contributed by atoms with Gasteiger partial charge < -0.3 is 14.2 Å². The maximum Gasteiger partial charge on any atom is 0.260 e. The van der Waals surface area contributed by atoms with Crippen LogP contribution >= 0.6 is 15.9 Å². The molecule has 3 rings (SSSR count). The maximum absolute atomic E-state index is 12.3. The fourth-order valence-electron chi connectivity index (χ4n) is 2.43. The average molecular weight is 430 g/mol. The minimum absolute atomic E-state index is 0.0470. The lowest BCUT2D eigenvalue weighted by Crippen LogP contribution is -2.31. The Labute approximate surface area is 166 Å². The molecule has 0 saturated carbocycles. The monoisotopic (exact) mass is 429 g/mol. The van der Waals surface area contributed by atoms with Gasteiger partial charge in [0.15, 0.2) is 6.61 Å². The topological polar surface area (TPSA) is 68.5 Å². The van der Waals surface area contributed by atoms with Gasteiger partial charge in [-0.3, -0.25) is 4.79 Å². The molecule has 0 aliphatic carbocycles. The number of rotatable bonds is 7. The van der Waals surface area contributed by atoms with Gasteiger partial charge in [0, 0.05) is 17.1 Å². The second-order valence-electron chi connectivity index (χ2n) is 6.06. The zero-order valence-electron chi connectivity index (χ0n) is 15.2. The van der Waals surface area contributed by atoms with Crippen LogP contribution in [0.5, 0.6) is 5.75 Å². The van der Waals surface area contributed by atoms with Crippen LogP contribution in [0.15, 0.2) is 57.5 Å². The first-order valence-corrected chi connectivity index (χ1v) is 9.38. The fourth-order valence-corrected chi connectivity index (χ4v) is 2.83. The van der Waals surface area contributed by atoms with Crippen molar-refractivity contribution in [3.63, 3.8) is 0 Å². The number of aryl methyl sites for hydroxylation is 1. The normalized spacial score (nSPS) is 10.6. The summed E-state index contributed by atoms with van der Waals surface area (Å²) in [6.07, 6.45) is 0.966. The zero-order valence-corrected chi connectivity index (χ0v) is 16.8. The number of amides is 1. The van der Waals surface area contributed by atoms with Gasteiger partial charge >= 0.3 is 0 Å². The fraction of sp³-hybridized carbons (Fsp3) is 0.250. The molecule has 0 saturated heterocycles. The van der Waals surface area contributed by atoms with E-state index in [4.69, 9.17) is 9.26 Å². The van der Waals surface area contributed by atoms with Crippen molar-refractivity contribution < 1.29 is 14.1 Å². The van der Waals surface area contributed by atoms with Crippen LogP contribution < -0.4 is 4.74 Å². The predicted octanol–water partition coefficient (Wildman–Crippen LogP) is 4.10. The van der Waals surface area contributed by atoms with E-state index >= 15 is 0 Å². The highest BCUT2D eigenvalue weighted by atomic mass is 79.9. The van der Waals surface area contributed by atoms with Crippen LogP contribution in [0.3, 0.4) is 0 Å². The van der Waals surface area contributed by atoms with Gasteiger partial charge in [-0.05, 0) is 36.2 Å². The zero-order chi connectivity index (χ0) is 19.2. The SMILES string of the molecule is CCc1ccc(OCC(=O)N(C)Cc2nc(-c3cccc(Br)c3)no2)cc1. The Balaban J connectivity index is 1.55. The Morgan fingerprint density at radius 3 is 2.70 bits per heavy atom. The molecule has 7 heteroatoms. The Kier molecular flexibility index (Phi) is 6.24. The second kappa shape index (κ2) is 8.81. The predicted molar refractivity (Wildman–Crippen MR) is 105 cm³/mol. The first-order chi connectivity index (χ1) is 13.0. The summed E-state index contributed by atoms with van der Waals surface area (Å²) in [5, 5.41) is 3.97. The molecule has 1 heterocycles. The third-order valence-electron chi connectivity index (χ3n) is 4.04. The Hall–Kier alpha value is -2.67. The van der Waals surface area contributed by atoms with E-state index in [-0.39, 0.29) is 19.1 Å². The molecule has 0 N–H and O–H groups in total. The quantitative estimate of drug-likeness (QED) is 0.565. The molecule has 0 bridgehead atoms. The average Bonchev–Trinajstić information content (AvgIpc) is 3.15. The summed E-state index contributed by atoms with van der Waals surface area (Å²) in [4.78, 5) is 18.1. The van der Waals surface area contributed by atoms with Crippen molar-refractivity contribution in [3.05, 3.63) is 64.5 Å². The van der Waals surface area contributed by atoms with Gasteiger partial charge in [-0.15, -0.1) is 0 Å². The molecule has 27 heavy (non-hydrogen) atoms. The van der Waals surface area contributed by atoms with Crippen LogP contribution in [0.4, 0.5) is 0 Å². The molecule has 0 fully saturated rings. The van der Waals surface area contributed by atoms with Crippen LogP contribution in [-0.2, 0) is 17.8 Å². The summed E-state index contributed by atoms with van der Waals surface area (Å²) in [7, 11) is 1.68. The number of hydrogen-bond donors (Lipinski definition) is 0. The van der Waals surface area contributed by atoms with Gasteiger partial charge in [0.25, 0.3) is 5.91 Å². The van der Waals surface area contributed by atoms with E-state index < -0.39 is 0 Å². The minimum atomic E-state index is -0.170. The van der Waals surface area contributed by atoms with Crippen molar-refractivity contribution in [3.8, 4) is 17.1 Å². The van der Waals surface area contributed by atoms with Crippen molar-refractivity contribution in [2.75, 3.05) is 13.7 Å². The third kappa shape index (κ3) is 5.17. The van der Waals surface area contributed by atoms with Gasteiger partial charge in [0.2, 0.25) is 11.7 Å². The van der Waals surface area contributed by atoms with Gasteiger partial charge in [-0.1, -0.05) is 52.3 Å². The van der Waals surface area contributed by atoms with Gasteiger partial charge in [-0.2, -0.15) is 4.98 Å². The number of carbonyl (C=O) groups excluding carboxylic acids is 1. The molecule has 2 aromatic carbocycles. The molecule has 1 aromatic heterocycles. The molecule has 1 amide bonds. The van der Waals surface area contributed by atoms with Crippen molar-refractivity contribution in [1.82, 2.24) is 15.0 Å². The number of hydrogen-bond acceptors (Lipinski definition) is 5. The van der Waals surface area contributed by atoms with E-state index in [1.165, 1.54) is 10.5 Å². The van der Waals surface area contributed by atoms with E-state index in [2.05, 4.69) is 33.0 Å². The number of benzene rings is 2. The van der Waals surface area contributed by atoms with E-state index in [0.29, 0.717) is 17.5 Å². The number of halogens is 1. The number of carbonyl (C=O) groups is 1. The first kappa shape index (κ1) is 19.1. The van der Waals surface area contributed by atoms with Crippen LogP contribution in [-0.4, -0.2) is 34.6 Å². The molecule has 0 aliphatic heterocycles. The standard InChI is InChI=1S/C20H20BrN3O3/c1-3-14-7-9-17(10-8-14)26-13-19(25)24(2)12-18-22-20(23-27-18)15-5-4-6-16(21)11-15/h4-11H,3,12-13H2,1-2H3. The number of ether oxygens (including phenoxy) is 1. The lowest BCUT2D eigenvalue weighted by atomic mass is 10.2. The lowest BCUT2D eigenvalue weighted by Gasteiger charge is -2.15. The highest BCUT2D eigenvalue weighted by molar-refractivity contribution is 9.10. The molecule has 0 atom stereocenters. The van der Waals surface area contributed by atoms with Crippen LogP contribution in [0.25, 0.3) is 11.4 Å². The first-order valence-electron chi connectivity index (χ1n) is 8.59. The molecular weight excluding hydrogens is 410 g/mol. The van der Waals surface area contributed by atoms with Crippen LogP contribution in [0.2, 0.25) is 0 Å². The van der Waals surface area contributed by atoms with E-state index in [1.54, 1.807) is 7.05 Å². The second-order valence-corrected chi connectivity index (χ2v) is 6.97. The molecule has 3 aromatic rings. The maximum atomic E-state index is 12.3. The van der Waals surface area contributed by atoms with Crippen LogP contribution in [0, 0.1) is 0 Å². The Bertz CT molecular complexity index is 909. The third-order valence-corrected chi connectivity index (χ3v) is 4.54. The molecular formula is C20H20BrN3O3. The van der Waals surface area contributed by atoms with Crippen molar-refractivity contribution in [2.45, 2.75) is 19.9 Å². The smallest absolute Gasteiger partial charge is 0.260 e. The van der Waals surface area contributed by atoms with Crippen molar-refractivity contribution >= 4 is 21.8 Å². The van der Waals surface area contributed by atoms with Crippen LogP contribution in [0.1, 0.15) is 18.4 Å². The van der Waals surface area contributed by atoms with Gasteiger partial charge in [0.1, 0.15) is 5.75 Å². The van der Waals surface area contributed by atoms with E-state index in [1.807, 2.05) is 48.5 Å². The summed E-state index contributed by atoms with van der Waals surface area (Å²) < 4.78 is 11.7. The summed E-state index contributed by atoms with van der Waals surface area (Å²) in [6, 6.07) is 15.3. The largest absolute Gasteiger partial charge is 0.484 e. The number of likely N-dealkylation sites (N-methyl/N-ethyl adjacent to an activating group) is 1. The van der Waals surface area contributed by atoms with Crippen molar-refractivity contribution in [2.24, 2.45) is 0 Å². The molecule has 0 unspecified atom stereocenters. The summed E-state index contributed by atoms with van der Waals surface area (Å²) in [5.74, 6) is 1.35. The van der Waals surface area contributed by atoms with E-state index in [0.717, 1.165) is 16.5 Å². The Morgan fingerprint density at radius 2 is 2.00 bits per heavy atom. The molecule has 0 spiro atoms. The molecule has 6 nitrogen and oxygen atoms in total. The summed E-state index contributed by atoms with van der Waals surface area (Å²) >= 11 is 3.42. The number of nitrogens with zero attached hydrogens (tertiary/aromatic N) is 3. The summed E-state index contributed by atoms with van der Waals surface area (Å²) in [5.41, 5.74) is 2.07. The minimum Gasteiger partial charge on any atom is -0.484 e. The highest BCUT2D eigenvalue weighted by Gasteiger charge is 2.15. The lowest BCUT2D eigenvalue weighted by molar-refractivity contribution is -0.132. The Morgan fingerprint density at radius 1 is 1.22 bits per heavy atom. The summed E-state index contributed by atoms with van der Waals surface area (Å²) in [6.45, 7) is 2.26. The molecule has 140 valence electrons. The number of aromatic nitrogens is 2.